The molecular weight excluding hydrogens is 480 g/mol. The molecule has 2 radical (unpaired) electrons. The topological polar surface area (TPSA) is 60.1 Å². The van der Waals surface area contributed by atoms with Crippen LogP contribution in [0.5, 0.6) is 0 Å². The van der Waals surface area contributed by atoms with Crippen molar-refractivity contribution in [1.29, 1.82) is 0 Å². The summed E-state index contributed by atoms with van der Waals surface area (Å²) < 4.78 is 7.33. The number of nitrogens with one attached hydrogen (secondary N) is 1. The Kier molecular flexibility index (Phi) is 6.59. The number of aromatic nitrogens is 2. The van der Waals surface area contributed by atoms with Gasteiger partial charge in [0.1, 0.15) is 5.76 Å². The minimum absolute atomic E-state index is 0.173. The molecule has 0 unspecified atom stereocenters. The minimum atomic E-state index is -0.232. The Morgan fingerprint density at radius 2 is 1.94 bits per heavy atom. The number of hydrogen-bond donors (Lipinski definition) is 1. The van der Waals surface area contributed by atoms with Gasteiger partial charge in [-0.1, -0.05) is 53.5 Å². The average molecular weight is 502 g/mol. The van der Waals surface area contributed by atoms with E-state index >= 15 is 0 Å². The van der Waals surface area contributed by atoms with Crippen molar-refractivity contribution in [2.24, 2.45) is 0 Å². The van der Waals surface area contributed by atoms with Crippen LogP contribution in [-0.4, -0.2) is 23.5 Å². The average Bonchev–Trinajstić information content (AvgIpc) is 3.43. The summed E-state index contributed by atoms with van der Waals surface area (Å²) in [6.45, 7) is 1.96. The molecule has 174 valence electrons. The molecule has 35 heavy (non-hydrogen) atoms. The van der Waals surface area contributed by atoms with Gasteiger partial charge in [-0.2, -0.15) is 5.10 Å². The zero-order valence-electron chi connectivity index (χ0n) is 19.1. The van der Waals surface area contributed by atoms with Gasteiger partial charge in [-0.3, -0.25) is 4.79 Å². The van der Waals surface area contributed by atoms with E-state index in [1.54, 1.807) is 22.9 Å². The van der Waals surface area contributed by atoms with E-state index in [9.17, 15) is 4.79 Å². The third-order valence-electron chi connectivity index (χ3n) is 6.12. The largest absolute Gasteiger partial charge is 0.473 e. The van der Waals surface area contributed by atoms with Crippen LogP contribution in [0.3, 0.4) is 0 Å². The number of nitrogens with zero attached hydrogens (tertiary/aromatic N) is 2. The van der Waals surface area contributed by atoms with Gasteiger partial charge in [0, 0.05) is 16.2 Å². The molecule has 1 N–H and O–H groups in total. The van der Waals surface area contributed by atoms with Crippen LogP contribution in [0.15, 0.2) is 65.1 Å². The lowest BCUT2D eigenvalue weighted by Gasteiger charge is -2.19. The van der Waals surface area contributed by atoms with Crippen LogP contribution in [0.2, 0.25) is 10.0 Å². The summed E-state index contributed by atoms with van der Waals surface area (Å²) in [6.07, 6.45) is 4.35. The zero-order valence-corrected chi connectivity index (χ0v) is 20.6. The number of rotatable bonds is 5. The normalized spacial score (nSPS) is 15.1. The van der Waals surface area contributed by atoms with Crippen molar-refractivity contribution >= 4 is 54.3 Å². The Morgan fingerprint density at radius 1 is 1.14 bits per heavy atom. The molecule has 1 aliphatic rings. The van der Waals surface area contributed by atoms with E-state index in [0.717, 1.165) is 41.7 Å². The first-order valence-electron chi connectivity index (χ1n) is 11.4. The van der Waals surface area contributed by atoms with Gasteiger partial charge in [-0.05, 0) is 73.7 Å². The summed E-state index contributed by atoms with van der Waals surface area (Å²) >= 11 is 12.7. The fourth-order valence-electron chi connectivity index (χ4n) is 4.45. The Bertz CT molecular complexity index is 1430. The van der Waals surface area contributed by atoms with E-state index in [2.05, 4.69) is 5.32 Å². The summed E-state index contributed by atoms with van der Waals surface area (Å²) in [7, 11) is 5.78. The van der Waals surface area contributed by atoms with E-state index < -0.39 is 0 Å². The van der Waals surface area contributed by atoms with Crippen molar-refractivity contribution in [1.82, 2.24) is 15.1 Å². The van der Waals surface area contributed by atoms with E-state index in [-0.39, 0.29) is 11.9 Å². The molecule has 8 heteroatoms. The molecule has 2 aromatic carbocycles. The quantitative estimate of drug-likeness (QED) is 0.344. The lowest BCUT2D eigenvalue weighted by atomic mass is 9.90. The van der Waals surface area contributed by atoms with E-state index in [1.165, 1.54) is 0 Å². The molecule has 0 spiro atoms. The number of carbonyl (C=O) groups is 1. The number of halogens is 2. The second-order valence-corrected chi connectivity index (χ2v) is 9.40. The van der Waals surface area contributed by atoms with Gasteiger partial charge in [0.25, 0.3) is 5.91 Å². The summed E-state index contributed by atoms with van der Waals surface area (Å²) in [5.41, 5.74) is 5.11. The smallest absolute Gasteiger partial charge is 0.272 e. The second kappa shape index (κ2) is 9.80. The molecule has 0 aliphatic heterocycles. The number of amides is 1. The number of carbonyl (C=O) groups excluding carboxylic acids is 1. The van der Waals surface area contributed by atoms with Crippen molar-refractivity contribution in [2.45, 2.75) is 32.2 Å². The first kappa shape index (κ1) is 23.5. The lowest BCUT2D eigenvalue weighted by molar-refractivity contribution is 0.0933. The van der Waals surface area contributed by atoms with Crippen molar-refractivity contribution < 1.29 is 9.21 Å². The van der Waals surface area contributed by atoms with Gasteiger partial charge in [0.05, 0.1) is 22.4 Å². The third-order valence-corrected chi connectivity index (χ3v) is 6.66. The van der Waals surface area contributed by atoms with Crippen LogP contribution in [-0.2, 0) is 6.42 Å². The highest BCUT2D eigenvalue weighted by molar-refractivity contribution is 6.35. The summed E-state index contributed by atoms with van der Waals surface area (Å²) in [6, 6.07) is 18.4. The van der Waals surface area contributed by atoms with Gasteiger partial charge in [0.15, 0.2) is 13.5 Å². The summed E-state index contributed by atoms with van der Waals surface area (Å²) in [5.74, 6) is 0.411. The number of hydrogen-bond acceptors (Lipinski definition) is 3. The Labute approximate surface area is 215 Å². The molecule has 1 atom stereocenters. The van der Waals surface area contributed by atoms with E-state index in [0.29, 0.717) is 32.8 Å². The number of allylic oxidation sites excluding steroid dienone is 1. The van der Waals surface area contributed by atoms with Gasteiger partial charge in [-0.15, -0.1) is 0 Å². The molecule has 4 aromatic rings. The maximum Gasteiger partial charge on any atom is 0.272 e. The highest BCUT2D eigenvalue weighted by Gasteiger charge is 2.30. The molecule has 0 saturated heterocycles. The maximum atomic E-state index is 13.5. The molecule has 0 saturated carbocycles. The van der Waals surface area contributed by atoms with Crippen molar-refractivity contribution in [2.75, 3.05) is 0 Å². The molecule has 5 rings (SSSR count). The molecular formula is C27H22BCl2N3O2. The highest BCUT2D eigenvalue weighted by Crippen LogP contribution is 2.37. The van der Waals surface area contributed by atoms with Gasteiger partial charge < -0.3 is 9.73 Å². The van der Waals surface area contributed by atoms with Crippen LogP contribution in [0, 0.1) is 0 Å². The predicted octanol–water partition coefficient (Wildman–Crippen LogP) is 5.93. The second-order valence-electron chi connectivity index (χ2n) is 8.55. The highest BCUT2D eigenvalue weighted by atomic mass is 35.5. The summed E-state index contributed by atoms with van der Waals surface area (Å²) in [5, 5.41) is 8.84. The van der Waals surface area contributed by atoms with Gasteiger partial charge >= 0.3 is 0 Å². The predicted molar refractivity (Wildman–Crippen MR) is 141 cm³/mol. The van der Waals surface area contributed by atoms with Gasteiger partial charge in [-0.25, -0.2) is 4.68 Å². The first-order chi connectivity index (χ1) is 16.9. The first-order valence-corrected chi connectivity index (χ1v) is 12.2. The molecule has 2 aromatic heterocycles. The molecule has 1 aliphatic carbocycles. The molecule has 5 nitrogen and oxygen atoms in total. The standard InChI is InChI=1S/C27H22BCl2N3O2/c1-16(17-6-3-2-4-7-17)31-27(34)25-21-9-5-8-18(14-20-11-13-24(28)35-20)26(21)33(32-25)23-12-10-19(29)15-22(23)30/h2-4,6-7,10-16H,5,8-9H2,1H3,(H,31,34)/b18-14+/t16-/m1/s1. The van der Waals surface area contributed by atoms with Crippen LogP contribution < -0.4 is 11.0 Å². The van der Waals surface area contributed by atoms with Crippen molar-refractivity contribution in [3.63, 3.8) is 0 Å². The number of fused-ring (bicyclic) bond motifs is 1. The summed E-state index contributed by atoms with van der Waals surface area (Å²) in [4.78, 5) is 13.5. The molecule has 0 fully saturated rings. The molecule has 0 bridgehead atoms. The van der Waals surface area contributed by atoms with Crippen LogP contribution >= 0.6 is 23.2 Å². The fourth-order valence-corrected chi connectivity index (χ4v) is 4.94. The van der Waals surface area contributed by atoms with Crippen LogP contribution in [0.1, 0.15) is 58.9 Å². The Morgan fingerprint density at radius 3 is 2.66 bits per heavy atom. The van der Waals surface area contributed by atoms with Crippen molar-refractivity contribution in [3.05, 3.63) is 99.0 Å². The van der Waals surface area contributed by atoms with Crippen LogP contribution in [0.25, 0.3) is 17.3 Å². The lowest BCUT2D eigenvalue weighted by Crippen LogP contribution is -2.28. The number of benzene rings is 2. The molecule has 2 heterocycles. The monoisotopic (exact) mass is 501 g/mol. The van der Waals surface area contributed by atoms with E-state index in [4.69, 9.17) is 40.6 Å². The SMILES string of the molecule is [B]c1ccc(/C=C2\CCCc3c(C(=O)N[C@H](C)c4ccccc4)nn(-c4ccc(Cl)cc4Cl)c32)o1. The zero-order chi connectivity index (χ0) is 24.5. The Balaban J connectivity index is 1.61. The number of furan rings is 1. The van der Waals surface area contributed by atoms with E-state index in [1.807, 2.05) is 55.5 Å². The third kappa shape index (κ3) is 4.81. The minimum Gasteiger partial charge on any atom is -0.473 e. The fraction of sp³-hybridized carbons (Fsp3) is 0.185. The maximum absolute atomic E-state index is 13.5. The van der Waals surface area contributed by atoms with Gasteiger partial charge in [0.2, 0.25) is 0 Å². The van der Waals surface area contributed by atoms with Crippen molar-refractivity contribution in [3.8, 4) is 5.69 Å². The van der Waals surface area contributed by atoms with Crippen LogP contribution in [0.4, 0.5) is 0 Å². The molecule has 1 amide bonds. The Hall–Kier alpha value is -3.22.